The van der Waals surface area contributed by atoms with Crippen molar-refractivity contribution in [2.45, 2.75) is 6.54 Å². The summed E-state index contributed by atoms with van der Waals surface area (Å²) >= 11 is 4.91. The van der Waals surface area contributed by atoms with Gasteiger partial charge < -0.3 is 4.90 Å². The van der Waals surface area contributed by atoms with Crippen LogP contribution in [0.5, 0.6) is 0 Å². The lowest BCUT2D eigenvalue weighted by atomic mass is 10.3. The number of pyridine rings is 1. The number of fused-ring (bicyclic) bond motifs is 1. The van der Waals surface area contributed by atoms with Crippen LogP contribution < -0.4 is 10.5 Å². The highest BCUT2D eigenvalue weighted by Crippen LogP contribution is 2.27. The molecule has 0 bridgehead atoms. The fraction of sp³-hybridized carbons (Fsp3) is 0.143. The van der Waals surface area contributed by atoms with Gasteiger partial charge in [-0.05, 0) is 40.2 Å². The highest BCUT2D eigenvalue weighted by Gasteiger charge is 2.26. The molecule has 0 saturated carbocycles. The first-order valence-electron chi connectivity index (χ1n) is 6.58. The number of hydrogen-bond donors (Lipinski definition) is 0. The predicted molar refractivity (Wildman–Crippen MR) is 92.2 cm³/mol. The Bertz CT molecular complexity index is 953. The second-order valence-electron chi connectivity index (χ2n) is 4.84. The summed E-state index contributed by atoms with van der Waals surface area (Å²) in [5.41, 5.74) is -0.834. The van der Waals surface area contributed by atoms with Gasteiger partial charge in [-0.3, -0.25) is 19.3 Å². The summed E-state index contributed by atoms with van der Waals surface area (Å²) in [7, 11) is 1.68. The zero-order chi connectivity index (χ0) is 16.6. The first-order valence-corrected chi connectivity index (χ1v) is 8.19. The lowest BCUT2D eigenvalue weighted by molar-refractivity contribution is -0.385. The molecule has 3 rings (SSSR count). The minimum Gasteiger partial charge on any atom is -0.349 e. The zero-order valence-electron chi connectivity index (χ0n) is 12.0. The van der Waals surface area contributed by atoms with Crippen molar-refractivity contribution in [3.8, 4) is 0 Å². The van der Waals surface area contributed by atoms with Gasteiger partial charge >= 0.3 is 11.2 Å². The molecule has 0 aliphatic heterocycles. The quantitative estimate of drug-likeness (QED) is 0.501. The van der Waals surface area contributed by atoms with Crippen LogP contribution in [0, 0.1) is 10.1 Å². The fourth-order valence-corrected chi connectivity index (χ4v) is 3.78. The maximum Gasteiger partial charge on any atom is 0.376 e. The molecule has 118 valence electrons. The molecule has 0 atom stereocenters. The van der Waals surface area contributed by atoms with E-state index in [0.29, 0.717) is 12.2 Å². The van der Waals surface area contributed by atoms with Crippen LogP contribution in [-0.4, -0.2) is 21.4 Å². The summed E-state index contributed by atoms with van der Waals surface area (Å²) in [5, 5.41) is 11.4. The van der Waals surface area contributed by atoms with Crippen LogP contribution in [0.1, 0.15) is 4.88 Å². The minimum absolute atomic E-state index is 0.0655. The van der Waals surface area contributed by atoms with Gasteiger partial charge in [-0.2, -0.15) is 0 Å². The predicted octanol–water partition coefficient (Wildman–Crippen LogP) is 3.06. The SMILES string of the molecule is CN(Cc1ccc(Br)s1)c1nc2ccccn2c(=O)c1[N+](=O)[O-]. The molecule has 3 aromatic rings. The lowest BCUT2D eigenvalue weighted by Crippen LogP contribution is -2.26. The number of nitro groups is 1. The van der Waals surface area contributed by atoms with Gasteiger partial charge in [0.25, 0.3) is 0 Å². The summed E-state index contributed by atoms with van der Waals surface area (Å²) in [6.07, 6.45) is 1.47. The Balaban J connectivity index is 2.13. The molecule has 0 saturated heterocycles. The van der Waals surface area contributed by atoms with Crippen molar-refractivity contribution in [1.82, 2.24) is 9.38 Å². The Hall–Kier alpha value is -2.26. The normalized spacial score (nSPS) is 10.9. The Morgan fingerprint density at radius 3 is 2.83 bits per heavy atom. The molecule has 0 fully saturated rings. The van der Waals surface area contributed by atoms with E-state index >= 15 is 0 Å². The average molecular weight is 395 g/mol. The van der Waals surface area contributed by atoms with Crippen LogP contribution in [0.3, 0.4) is 0 Å². The molecule has 0 aliphatic rings. The third-order valence-corrected chi connectivity index (χ3v) is 4.87. The largest absolute Gasteiger partial charge is 0.376 e. The number of nitrogens with zero attached hydrogens (tertiary/aromatic N) is 4. The van der Waals surface area contributed by atoms with E-state index in [4.69, 9.17) is 0 Å². The van der Waals surface area contributed by atoms with Crippen LogP contribution in [-0.2, 0) is 6.54 Å². The van der Waals surface area contributed by atoms with Crippen molar-refractivity contribution in [1.29, 1.82) is 0 Å². The van der Waals surface area contributed by atoms with E-state index in [1.165, 1.54) is 21.9 Å². The summed E-state index contributed by atoms with van der Waals surface area (Å²) in [4.78, 5) is 30.0. The summed E-state index contributed by atoms with van der Waals surface area (Å²) in [6, 6.07) is 8.83. The molecule has 0 aliphatic carbocycles. The van der Waals surface area contributed by atoms with Crippen molar-refractivity contribution in [2.24, 2.45) is 0 Å². The smallest absolute Gasteiger partial charge is 0.349 e. The first kappa shape index (κ1) is 15.6. The molecular formula is C14H11BrN4O3S. The van der Waals surface area contributed by atoms with Crippen molar-refractivity contribution in [2.75, 3.05) is 11.9 Å². The van der Waals surface area contributed by atoms with Crippen molar-refractivity contribution < 1.29 is 4.92 Å². The molecule has 9 heteroatoms. The van der Waals surface area contributed by atoms with Gasteiger partial charge in [-0.15, -0.1) is 11.3 Å². The maximum absolute atomic E-state index is 12.4. The molecule has 0 radical (unpaired) electrons. The zero-order valence-corrected chi connectivity index (χ0v) is 14.4. The van der Waals surface area contributed by atoms with Crippen LogP contribution in [0.15, 0.2) is 45.1 Å². The summed E-state index contributed by atoms with van der Waals surface area (Å²) in [6.45, 7) is 0.423. The molecule has 3 heterocycles. The number of anilines is 1. The number of thiophene rings is 1. The summed E-state index contributed by atoms with van der Waals surface area (Å²) < 4.78 is 2.15. The standard InChI is InChI=1S/C14H11BrN4O3S/c1-17(8-9-5-6-10(15)23-9)13-12(19(21)22)14(20)18-7-3-2-4-11(18)16-13/h2-7H,8H2,1H3. The fourth-order valence-electron chi connectivity index (χ4n) is 2.24. The number of rotatable bonds is 4. The third kappa shape index (κ3) is 2.97. The lowest BCUT2D eigenvalue weighted by Gasteiger charge is -2.17. The van der Waals surface area contributed by atoms with Gasteiger partial charge in [0.2, 0.25) is 5.82 Å². The number of aromatic nitrogens is 2. The highest BCUT2D eigenvalue weighted by molar-refractivity contribution is 9.11. The van der Waals surface area contributed by atoms with E-state index in [1.54, 1.807) is 30.1 Å². The summed E-state index contributed by atoms with van der Waals surface area (Å²) in [5.74, 6) is 0.0655. The van der Waals surface area contributed by atoms with Crippen molar-refractivity contribution in [3.05, 3.63) is 65.7 Å². The van der Waals surface area contributed by atoms with Crippen LogP contribution in [0.4, 0.5) is 11.5 Å². The van der Waals surface area contributed by atoms with E-state index in [0.717, 1.165) is 8.66 Å². The topological polar surface area (TPSA) is 80.8 Å². The van der Waals surface area contributed by atoms with E-state index in [2.05, 4.69) is 20.9 Å². The number of hydrogen-bond acceptors (Lipinski definition) is 6. The van der Waals surface area contributed by atoms with Gasteiger partial charge in [0, 0.05) is 18.1 Å². The molecule has 0 spiro atoms. The Morgan fingerprint density at radius 2 is 2.17 bits per heavy atom. The van der Waals surface area contributed by atoms with Crippen molar-refractivity contribution >= 4 is 44.4 Å². The molecule has 0 aromatic carbocycles. The van der Waals surface area contributed by atoms with E-state index < -0.39 is 16.2 Å². The maximum atomic E-state index is 12.4. The van der Waals surface area contributed by atoms with Gasteiger partial charge in [0.15, 0.2) is 0 Å². The third-order valence-electron chi connectivity index (χ3n) is 3.26. The Morgan fingerprint density at radius 1 is 1.39 bits per heavy atom. The van der Waals surface area contributed by atoms with Gasteiger partial charge in [0.1, 0.15) is 5.65 Å². The van der Waals surface area contributed by atoms with E-state index in [9.17, 15) is 14.9 Å². The van der Waals surface area contributed by atoms with Crippen LogP contribution >= 0.6 is 27.3 Å². The number of halogens is 1. The molecule has 0 unspecified atom stereocenters. The monoisotopic (exact) mass is 394 g/mol. The second-order valence-corrected chi connectivity index (χ2v) is 7.38. The molecule has 0 N–H and O–H groups in total. The molecule has 7 nitrogen and oxygen atoms in total. The Labute approximate surface area is 143 Å². The molecule has 0 amide bonds. The molecule has 23 heavy (non-hydrogen) atoms. The van der Waals surface area contributed by atoms with E-state index in [1.807, 2.05) is 12.1 Å². The second kappa shape index (κ2) is 6.09. The van der Waals surface area contributed by atoms with Gasteiger partial charge in [-0.1, -0.05) is 6.07 Å². The highest BCUT2D eigenvalue weighted by atomic mass is 79.9. The van der Waals surface area contributed by atoms with Crippen molar-refractivity contribution in [3.63, 3.8) is 0 Å². The van der Waals surface area contributed by atoms with E-state index in [-0.39, 0.29) is 5.82 Å². The molecular weight excluding hydrogens is 384 g/mol. The molecule has 3 aromatic heterocycles. The minimum atomic E-state index is -0.685. The first-order chi connectivity index (χ1) is 11.0. The average Bonchev–Trinajstić information content (AvgIpc) is 2.91. The van der Waals surface area contributed by atoms with Gasteiger partial charge in [-0.25, -0.2) is 4.98 Å². The van der Waals surface area contributed by atoms with Crippen LogP contribution in [0.2, 0.25) is 0 Å². The van der Waals surface area contributed by atoms with Gasteiger partial charge in [0.05, 0.1) is 15.3 Å². The van der Waals surface area contributed by atoms with Crippen LogP contribution in [0.25, 0.3) is 5.65 Å². The Kier molecular flexibility index (Phi) is 4.14.